The van der Waals surface area contributed by atoms with E-state index in [0.717, 1.165) is 43.9 Å². The SMILES string of the molecule is C[C@H](NC(=O)/C=C/c1ccc(Cl)c(C(F)(F)F)c1)C(=O)NC1CCCC1. The molecule has 1 atom stereocenters. The molecule has 0 aromatic heterocycles. The molecule has 4 nitrogen and oxygen atoms in total. The fraction of sp³-hybridized carbons (Fsp3) is 0.444. The van der Waals surface area contributed by atoms with E-state index in [1.807, 2.05) is 0 Å². The van der Waals surface area contributed by atoms with Crippen LogP contribution in [0.4, 0.5) is 13.2 Å². The highest BCUT2D eigenvalue weighted by Gasteiger charge is 2.33. The van der Waals surface area contributed by atoms with E-state index in [1.165, 1.54) is 12.1 Å². The molecule has 0 aliphatic heterocycles. The molecular formula is C18H20ClF3N2O2. The summed E-state index contributed by atoms with van der Waals surface area (Å²) in [6, 6.07) is 2.77. The molecule has 0 radical (unpaired) electrons. The Kier molecular flexibility index (Phi) is 6.69. The van der Waals surface area contributed by atoms with Crippen LogP contribution in [0, 0.1) is 0 Å². The highest BCUT2D eigenvalue weighted by atomic mass is 35.5. The zero-order valence-corrected chi connectivity index (χ0v) is 15.0. The fourth-order valence-corrected chi connectivity index (χ4v) is 2.98. The van der Waals surface area contributed by atoms with Crippen molar-refractivity contribution < 1.29 is 22.8 Å². The van der Waals surface area contributed by atoms with Gasteiger partial charge in [-0.2, -0.15) is 13.2 Å². The second-order valence-corrected chi connectivity index (χ2v) is 6.70. The van der Waals surface area contributed by atoms with Gasteiger partial charge in [0, 0.05) is 12.1 Å². The molecule has 2 amide bonds. The number of hydrogen-bond donors (Lipinski definition) is 2. The van der Waals surface area contributed by atoms with Crippen molar-refractivity contribution in [2.45, 2.75) is 50.9 Å². The van der Waals surface area contributed by atoms with Crippen LogP contribution in [0.5, 0.6) is 0 Å². The van der Waals surface area contributed by atoms with Gasteiger partial charge in [-0.3, -0.25) is 9.59 Å². The summed E-state index contributed by atoms with van der Waals surface area (Å²) in [6.45, 7) is 1.56. The van der Waals surface area contributed by atoms with Crippen molar-refractivity contribution in [3.63, 3.8) is 0 Å². The quantitative estimate of drug-likeness (QED) is 0.751. The van der Waals surface area contributed by atoms with Crippen molar-refractivity contribution >= 4 is 29.5 Å². The standard InChI is InChI=1S/C18H20ClF3N2O2/c1-11(17(26)24-13-4-2-3-5-13)23-16(25)9-7-12-6-8-15(19)14(10-12)18(20,21)22/h6-11,13H,2-5H2,1H3,(H,23,25)(H,24,26)/b9-7+/t11-/m0/s1. The van der Waals surface area contributed by atoms with Crippen LogP contribution in [0.25, 0.3) is 6.08 Å². The smallest absolute Gasteiger partial charge is 0.352 e. The van der Waals surface area contributed by atoms with Gasteiger partial charge in [0.05, 0.1) is 10.6 Å². The van der Waals surface area contributed by atoms with Gasteiger partial charge in [0.2, 0.25) is 11.8 Å². The number of rotatable bonds is 5. The van der Waals surface area contributed by atoms with Crippen molar-refractivity contribution in [3.8, 4) is 0 Å². The van der Waals surface area contributed by atoms with Crippen LogP contribution in [0.15, 0.2) is 24.3 Å². The van der Waals surface area contributed by atoms with E-state index >= 15 is 0 Å². The molecule has 1 saturated carbocycles. The lowest BCUT2D eigenvalue weighted by atomic mass is 10.1. The summed E-state index contributed by atoms with van der Waals surface area (Å²) < 4.78 is 38.5. The van der Waals surface area contributed by atoms with Crippen LogP contribution in [-0.4, -0.2) is 23.9 Å². The van der Waals surface area contributed by atoms with Crippen molar-refractivity contribution in [1.82, 2.24) is 10.6 Å². The minimum absolute atomic E-state index is 0.146. The zero-order chi connectivity index (χ0) is 19.3. The number of halogens is 4. The Morgan fingerprint density at radius 3 is 2.54 bits per heavy atom. The van der Waals surface area contributed by atoms with Crippen molar-refractivity contribution in [1.29, 1.82) is 0 Å². The molecule has 0 saturated heterocycles. The minimum atomic E-state index is -4.57. The van der Waals surface area contributed by atoms with Crippen molar-refractivity contribution in [2.24, 2.45) is 0 Å². The normalized spacial score (nSPS) is 16.7. The van der Waals surface area contributed by atoms with Crippen LogP contribution in [0.1, 0.15) is 43.7 Å². The molecule has 2 N–H and O–H groups in total. The third kappa shape index (κ3) is 5.76. The molecule has 1 aliphatic rings. The average Bonchev–Trinajstić information content (AvgIpc) is 3.05. The first-order valence-corrected chi connectivity index (χ1v) is 8.70. The van der Waals surface area contributed by atoms with Crippen molar-refractivity contribution in [2.75, 3.05) is 0 Å². The molecule has 1 aromatic rings. The lowest BCUT2D eigenvalue weighted by Crippen LogP contribution is -2.47. The molecule has 0 spiro atoms. The number of hydrogen-bond acceptors (Lipinski definition) is 2. The zero-order valence-electron chi connectivity index (χ0n) is 14.2. The second kappa shape index (κ2) is 8.58. The molecule has 0 heterocycles. The van der Waals surface area contributed by atoms with E-state index in [1.54, 1.807) is 6.92 Å². The van der Waals surface area contributed by atoms with E-state index in [2.05, 4.69) is 10.6 Å². The number of amides is 2. The Morgan fingerprint density at radius 2 is 1.92 bits per heavy atom. The minimum Gasteiger partial charge on any atom is -0.352 e. The number of benzene rings is 1. The lowest BCUT2D eigenvalue weighted by Gasteiger charge is -2.17. The summed E-state index contributed by atoms with van der Waals surface area (Å²) in [5.41, 5.74) is -0.786. The van der Waals surface area contributed by atoms with E-state index < -0.39 is 28.7 Å². The molecule has 1 fully saturated rings. The summed E-state index contributed by atoms with van der Waals surface area (Å²) in [5.74, 6) is -0.841. The molecule has 26 heavy (non-hydrogen) atoms. The summed E-state index contributed by atoms with van der Waals surface area (Å²) in [6.07, 6.45) is 1.78. The van der Waals surface area contributed by atoms with Gasteiger partial charge < -0.3 is 10.6 Å². The maximum Gasteiger partial charge on any atom is 0.417 e. The molecule has 1 aromatic carbocycles. The highest BCUT2D eigenvalue weighted by Crippen LogP contribution is 2.35. The lowest BCUT2D eigenvalue weighted by molar-refractivity contribution is -0.137. The van der Waals surface area contributed by atoms with Gasteiger partial charge in [0.25, 0.3) is 0 Å². The number of alkyl halides is 3. The third-order valence-electron chi connectivity index (χ3n) is 4.18. The monoisotopic (exact) mass is 388 g/mol. The van der Waals surface area contributed by atoms with Crippen LogP contribution < -0.4 is 10.6 Å². The second-order valence-electron chi connectivity index (χ2n) is 6.29. The van der Waals surface area contributed by atoms with E-state index in [4.69, 9.17) is 11.6 Å². The summed E-state index contributed by atoms with van der Waals surface area (Å²) in [4.78, 5) is 23.9. The van der Waals surface area contributed by atoms with Gasteiger partial charge in [0.15, 0.2) is 0 Å². The Bertz CT molecular complexity index is 698. The van der Waals surface area contributed by atoms with Crippen molar-refractivity contribution in [3.05, 3.63) is 40.4 Å². The fourth-order valence-electron chi connectivity index (χ4n) is 2.76. The molecule has 0 bridgehead atoms. The van der Waals surface area contributed by atoms with Gasteiger partial charge in [-0.15, -0.1) is 0 Å². The molecule has 1 aliphatic carbocycles. The molecule has 0 unspecified atom stereocenters. The number of carbonyl (C=O) groups is 2. The first-order chi connectivity index (χ1) is 12.2. The Hall–Kier alpha value is -2.02. The maximum absolute atomic E-state index is 12.8. The Labute approximate surface area is 154 Å². The van der Waals surface area contributed by atoms with Gasteiger partial charge in [-0.05, 0) is 43.5 Å². The molecule has 2 rings (SSSR count). The van der Waals surface area contributed by atoms with Gasteiger partial charge in [0.1, 0.15) is 6.04 Å². The molecule has 8 heteroatoms. The van der Waals surface area contributed by atoms with Gasteiger partial charge >= 0.3 is 6.18 Å². The van der Waals surface area contributed by atoms with Crippen LogP contribution in [0.2, 0.25) is 5.02 Å². The van der Waals surface area contributed by atoms with E-state index in [0.29, 0.717) is 0 Å². The maximum atomic E-state index is 12.8. The van der Waals surface area contributed by atoms with Crippen LogP contribution in [0.3, 0.4) is 0 Å². The third-order valence-corrected chi connectivity index (χ3v) is 4.51. The Morgan fingerprint density at radius 1 is 1.27 bits per heavy atom. The first kappa shape index (κ1) is 20.3. The van der Waals surface area contributed by atoms with E-state index in [-0.39, 0.29) is 17.5 Å². The van der Waals surface area contributed by atoms with Crippen LogP contribution >= 0.6 is 11.6 Å². The average molecular weight is 389 g/mol. The number of nitrogens with one attached hydrogen (secondary N) is 2. The van der Waals surface area contributed by atoms with Gasteiger partial charge in [-0.25, -0.2) is 0 Å². The predicted molar refractivity (Wildman–Crippen MR) is 93.5 cm³/mol. The largest absolute Gasteiger partial charge is 0.417 e. The predicted octanol–water partition coefficient (Wildman–Crippen LogP) is 3.94. The first-order valence-electron chi connectivity index (χ1n) is 8.32. The molecular weight excluding hydrogens is 369 g/mol. The van der Waals surface area contributed by atoms with Crippen LogP contribution in [-0.2, 0) is 15.8 Å². The summed E-state index contributed by atoms with van der Waals surface area (Å²) >= 11 is 5.55. The Balaban J connectivity index is 1.93. The highest BCUT2D eigenvalue weighted by molar-refractivity contribution is 6.31. The summed E-state index contributed by atoms with van der Waals surface area (Å²) in [5, 5.41) is 4.96. The summed E-state index contributed by atoms with van der Waals surface area (Å²) in [7, 11) is 0. The number of carbonyl (C=O) groups excluding carboxylic acids is 2. The van der Waals surface area contributed by atoms with E-state index in [9.17, 15) is 22.8 Å². The molecule has 142 valence electrons. The topological polar surface area (TPSA) is 58.2 Å². The van der Waals surface area contributed by atoms with Gasteiger partial charge in [-0.1, -0.05) is 30.5 Å².